The third-order valence-corrected chi connectivity index (χ3v) is 3.80. The van der Waals surface area contributed by atoms with Crippen LogP contribution in [0.2, 0.25) is 0 Å². The summed E-state index contributed by atoms with van der Waals surface area (Å²) in [6, 6.07) is 9.82. The first-order valence-corrected chi connectivity index (χ1v) is 7.56. The summed E-state index contributed by atoms with van der Waals surface area (Å²) in [6.45, 7) is 0.691. The smallest absolute Gasteiger partial charge is 0.162 e. The molecule has 1 saturated carbocycles. The van der Waals surface area contributed by atoms with Crippen molar-refractivity contribution in [2.75, 3.05) is 0 Å². The molecular weight excluding hydrogens is 340 g/mol. The second-order valence-electron chi connectivity index (χ2n) is 5.09. The highest BCUT2D eigenvalue weighted by atomic mass is 79.9. The minimum absolute atomic E-state index is 0.277. The van der Waals surface area contributed by atoms with E-state index in [1.54, 1.807) is 0 Å². The molecule has 2 nitrogen and oxygen atoms in total. The highest BCUT2D eigenvalue weighted by molar-refractivity contribution is 9.10. The Morgan fingerprint density at radius 1 is 1.10 bits per heavy atom. The van der Waals surface area contributed by atoms with E-state index in [9.17, 15) is 8.78 Å². The van der Waals surface area contributed by atoms with Crippen LogP contribution >= 0.6 is 15.9 Å². The van der Waals surface area contributed by atoms with E-state index in [2.05, 4.69) is 21.2 Å². The maximum atomic E-state index is 13.2. The molecule has 0 aliphatic heterocycles. The molecule has 0 bridgehead atoms. The molecule has 0 heterocycles. The van der Waals surface area contributed by atoms with Crippen LogP contribution in [0.25, 0.3) is 0 Å². The van der Waals surface area contributed by atoms with Crippen LogP contribution in [-0.4, -0.2) is 6.04 Å². The molecule has 110 valence electrons. The molecule has 1 aliphatic carbocycles. The molecule has 0 saturated heterocycles. The number of halogens is 3. The fraction of sp³-hybridized carbons (Fsp3) is 0.250. The summed E-state index contributed by atoms with van der Waals surface area (Å²) in [4.78, 5) is 0. The van der Waals surface area contributed by atoms with Crippen LogP contribution in [-0.2, 0) is 6.54 Å². The minimum Gasteiger partial charge on any atom is -0.457 e. The molecule has 0 atom stereocenters. The molecule has 3 rings (SSSR count). The van der Waals surface area contributed by atoms with E-state index in [0.717, 1.165) is 22.2 Å². The molecule has 0 unspecified atom stereocenters. The lowest BCUT2D eigenvalue weighted by atomic mass is 10.2. The van der Waals surface area contributed by atoms with Gasteiger partial charge in [0.15, 0.2) is 11.6 Å². The van der Waals surface area contributed by atoms with E-state index in [-0.39, 0.29) is 5.75 Å². The largest absolute Gasteiger partial charge is 0.457 e. The monoisotopic (exact) mass is 353 g/mol. The molecule has 0 amide bonds. The van der Waals surface area contributed by atoms with Crippen molar-refractivity contribution in [2.24, 2.45) is 0 Å². The van der Waals surface area contributed by atoms with Crippen molar-refractivity contribution in [1.29, 1.82) is 0 Å². The average Bonchev–Trinajstić information content (AvgIpc) is 3.26. The van der Waals surface area contributed by atoms with Crippen molar-refractivity contribution < 1.29 is 13.5 Å². The zero-order chi connectivity index (χ0) is 14.8. The molecule has 1 fully saturated rings. The molecule has 2 aromatic carbocycles. The number of rotatable bonds is 5. The Morgan fingerprint density at radius 3 is 2.62 bits per heavy atom. The highest BCUT2D eigenvalue weighted by Gasteiger charge is 2.20. The fourth-order valence-corrected chi connectivity index (χ4v) is 2.32. The van der Waals surface area contributed by atoms with Crippen molar-refractivity contribution in [2.45, 2.75) is 25.4 Å². The zero-order valence-corrected chi connectivity index (χ0v) is 12.8. The Bertz CT molecular complexity index is 659. The number of ether oxygens (including phenoxy) is 1. The van der Waals surface area contributed by atoms with Crippen LogP contribution in [0.15, 0.2) is 40.9 Å². The Labute approximate surface area is 130 Å². The van der Waals surface area contributed by atoms with Gasteiger partial charge in [0.25, 0.3) is 0 Å². The van der Waals surface area contributed by atoms with Gasteiger partial charge in [-0.05, 0) is 37.1 Å². The maximum absolute atomic E-state index is 13.2. The predicted molar refractivity (Wildman–Crippen MR) is 80.4 cm³/mol. The van der Waals surface area contributed by atoms with Gasteiger partial charge in [0.1, 0.15) is 11.5 Å². The first-order chi connectivity index (χ1) is 10.1. The van der Waals surface area contributed by atoms with Crippen LogP contribution in [0.5, 0.6) is 11.5 Å². The van der Waals surface area contributed by atoms with E-state index >= 15 is 0 Å². The van der Waals surface area contributed by atoms with Gasteiger partial charge >= 0.3 is 0 Å². The third kappa shape index (κ3) is 3.80. The summed E-state index contributed by atoms with van der Waals surface area (Å²) in [7, 11) is 0. The minimum atomic E-state index is -0.917. The quantitative estimate of drug-likeness (QED) is 0.835. The topological polar surface area (TPSA) is 21.3 Å². The van der Waals surface area contributed by atoms with Gasteiger partial charge in [-0.2, -0.15) is 0 Å². The summed E-state index contributed by atoms with van der Waals surface area (Å²) in [5.41, 5.74) is 0.981. The lowest BCUT2D eigenvalue weighted by Gasteiger charge is -2.12. The highest BCUT2D eigenvalue weighted by Crippen LogP contribution is 2.30. The van der Waals surface area contributed by atoms with Crippen molar-refractivity contribution in [1.82, 2.24) is 5.32 Å². The molecular formula is C16H14BrF2NO. The Balaban J connectivity index is 1.81. The molecule has 5 heteroatoms. The van der Waals surface area contributed by atoms with Crippen molar-refractivity contribution >= 4 is 15.9 Å². The van der Waals surface area contributed by atoms with E-state index in [0.29, 0.717) is 18.3 Å². The van der Waals surface area contributed by atoms with Gasteiger partial charge in [0.05, 0.1) is 0 Å². The number of benzene rings is 2. The predicted octanol–water partition coefficient (Wildman–Crippen LogP) is 4.77. The Kier molecular flexibility index (Phi) is 4.22. The summed E-state index contributed by atoms with van der Waals surface area (Å²) in [5, 5.41) is 3.41. The van der Waals surface area contributed by atoms with Crippen LogP contribution in [0.1, 0.15) is 18.4 Å². The van der Waals surface area contributed by atoms with Crippen LogP contribution in [0, 0.1) is 11.6 Å². The van der Waals surface area contributed by atoms with Crippen LogP contribution in [0.4, 0.5) is 8.78 Å². The third-order valence-electron chi connectivity index (χ3n) is 3.31. The summed E-state index contributed by atoms with van der Waals surface area (Å²) in [6.07, 6.45) is 2.41. The first kappa shape index (κ1) is 14.5. The van der Waals surface area contributed by atoms with Crippen LogP contribution < -0.4 is 10.1 Å². The lowest BCUT2D eigenvalue weighted by Crippen LogP contribution is -2.15. The van der Waals surface area contributed by atoms with Gasteiger partial charge in [-0.1, -0.05) is 22.0 Å². The van der Waals surface area contributed by atoms with E-state index < -0.39 is 11.6 Å². The van der Waals surface area contributed by atoms with Crippen molar-refractivity contribution in [3.05, 3.63) is 58.1 Å². The second kappa shape index (κ2) is 6.12. The second-order valence-corrected chi connectivity index (χ2v) is 6.00. The van der Waals surface area contributed by atoms with Gasteiger partial charge < -0.3 is 10.1 Å². The standard InChI is InChI=1S/C16H14BrF2NO/c17-11-2-1-10(9-20-12-3-4-12)16(7-11)21-13-5-6-14(18)15(19)8-13/h1-2,5-8,12,20H,3-4,9H2. The van der Waals surface area contributed by atoms with Crippen LogP contribution in [0.3, 0.4) is 0 Å². The number of hydrogen-bond acceptors (Lipinski definition) is 2. The van der Waals surface area contributed by atoms with Gasteiger partial charge in [-0.15, -0.1) is 0 Å². The lowest BCUT2D eigenvalue weighted by molar-refractivity contribution is 0.455. The molecule has 0 aromatic heterocycles. The van der Waals surface area contributed by atoms with Crippen molar-refractivity contribution in [3.63, 3.8) is 0 Å². The Hall–Kier alpha value is -1.46. The molecule has 0 spiro atoms. The van der Waals surface area contributed by atoms with Crippen molar-refractivity contribution in [3.8, 4) is 11.5 Å². The SMILES string of the molecule is Fc1ccc(Oc2cc(Br)ccc2CNC2CC2)cc1F. The normalized spacial score (nSPS) is 14.2. The van der Waals surface area contributed by atoms with Gasteiger partial charge in [-0.25, -0.2) is 8.78 Å². The molecule has 0 radical (unpaired) electrons. The summed E-state index contributed by atoms with van der Waals surface area (Å²) >= 11 is 3.39. The molecule has 1 N–H and O–H groups in total. The maximum Gasteiger partial charge on any atom is 0.162 e. The van der Waals surface area contributed by atoms with E-state index in [1.807, 2.05) is 18.2 Å². The summed E-state index contributed by atoms with van der Waals surface area (Å²) in [5.74, 6) is -0.893. The van der Waals surface area contributed by atoms with Gasteiger partial charge in [0.2, 0.25) is 0 Å². The molecule has 21 heavy (non-hydrogen) atoms. The van der Waals surface area contributed by atoms with E-state index in [4.69, 9.17) is 4.74 Å². The van der Waals surface area contributed by atoms with Gasteiger partial charge in [-0.3, -0.25) is 0 Å². The zero-order valence-electron chi connectivity index (χ0n) is 11.2. The first-order valence-electron chi connectivity index (χ1n) is 6.76. The fourth-order valence-electron chi connectivity index (χ4n) is 1.98. The Morgan fingerprint density at radius 2 is 1.90 bits per heavy atom. The molecule has 1 aliphatic rings. The van der Waals surface area contributed by atoms with Gasteiger partial charge in [0, 0.05) is 28.7 Å². The number of nitrogens with one attached hydrogen (secondary N) is 1. The summed E-state index contributed by atoms with van der Waals surface area (Å²) < 4.78 is 32.8. The average molecular weight is 354 g/mol. The molecule has 2 aromatic rings. The number of hydrogen-bond donors (Lipinski definition) is 1. The van der Waals surface area contributed by atoms with E-state index in [1.165, 1.54) is 18.9 Å².